The van der Waals surface area contributed by atoms with Crippen molar-refractivity contribution >= 4 is 35.8 Å². The average Bonchev–Trinajstić information content (AvgIpc) is 2.64. The summed E-state index contributed by atoms with van der Waals surface area (Å²) >= 11 is 0. The van der Waals surface area contributed by atoms with Gasteiger partial charge in [0.15, 0.2) is 0 Å². The quantitative estimate of drug-likeness (QED) is 0.199. The van der Waals surface area contributed by atoms with Crippen molar-refractivity contribution in [1.29, 1.82) is 0 Å². The molecule has 0 aliphatic rings. The lowest BCUT2D eigenvalue weighted by Gasteiger charge is -2.05. The maximum atomic E-state index is 11.7. The van der Waals surface area contributed by atoms with Gasteiger partial charge in [-0.2, -0.15) is 0 Å². The predicted molar refractivity (Wildman–Crippen MR) is 94.3 cm³/mol. The predicted octanol–water partition coefficient (Wildman–Crippen LogP) is 1.42. The van der Waals surface area contributed by atoms with Crippen molar-refractivity contribution in [2.75, 3.05) is 0 Å². The first-order valence-electron chi connectivity index (χ1n) is 7.97. The summed E-state index contributed by atoms with van der Waals surface area (Å²) in [6.45, 7) is 0. The number of ether oxygens (including phenoxy) is 1. The molecule has 0 fully saturated rings. The molecule has 1 aromatic carbocycles. The van der Waals surface area contributed by atoms with Crippen LogP contribution in [-0.4, -0.2) is 56.2 Å². The maximum Gasteiger partial charge on any atom is 0.346 e. The van der Waals surface area contributed by atoms with Crippen LogP contribution in [0.2, 0.25) is 0 Å². The van der Waals surface area contributed by atoms with E-state index in [0.29, 0.717) is 18.6 Å². The van der Waals surface area contributed by atoms with Gasteiger partial charge in [0.05, 0.1) is 11.1 Å². The number of carbonyl (C=O) groups is 6. The molecule has 0 unspecified atom stereocenters. The van der Waals surface area contributed by atoms with Crippen molar-refractivity contribution in [1.82, 2.24) is 0 Å². The monoisotopic (exact) mass is 410 g/mol. The minimum absolute atomic E-state index is 0.0664. The third-order valence-electron chi connectivity index (χ3n) is 2.97. The zero-order valence-corrected chi connectivity index (χ0v) is 14.9. The summed E-state index contributed by atoms with van der Waals surface area (Å²) < 4.78 is 4.55. The Balaban J connectivity index is 0.000000828. The van der Waals surface area contributed by atoms with Crippen LogP contribution in [0.25, 0.3) is 0 Å². The van der Waals surface area contributed by atoms with Crippen molar-refractivity contribution in [2.24, 2.45) is 0 Å². The number of hydrogen-bond acceptors (Lipinski definition) is 7. The fraction of sp³-hybridized carbons (Fsp3) is 0.222. The highest BCUT2D eigenvalue weighted by Crippen LogP contribution is 2.11. The number of esters is 2. The van der Waals surface area contributed by atoms with E-state index in [-0.39, 0.29) is 30.4 Å². The van der Waals surface area contributed by atoms with Crippen molar-refractivity contribution in [3.8, 4) is 0 Å². The van der Waals surface area contributed by atoms with Gasteiger partial charge in [0, 0.05) is 25.0 Å². The summed E-state index contributed by atoms with van der Waals surface area (Å²) in [4.78, 5) is 63.5. The van der Waals surface area contributed by atoms with Crippen LogP contribution in [0.4, 0.5) is 0 Å². The van der Waals surface area contributed by atoms with Gasteiger partial charge in [-0.25, -0.2) is 19.2 Å². The zero-order valence-electron chi connectivity index (χ0n) is 14.9. The Bertz CT molecular complexity index is 792. The second kappa shape index (κ2) is 13.2. The van der Waals surface area contributed by atoms with E-state index in [2.05, 4.69) is 4.74 Å². The van der Waals surface area contributed by atoms with Gasteiger partial charge in [0.25, 0.3) is 0 Å². The van der Waals surface area contributed by atoms with E-state index in [1.807, 2.05) is 0 Å². The van der Waals surface area contributed by atoms with Crippen LogP contribution in [0.15, 0.2) is 36.4 Å². The van der Waals surface area contributed by atoms with Gasteiger partial charge in [0.1, 0.15) is 0 Å². The summed E-state index contributed by atoms with van der Waals surface area (Å²) in [6.07, 6.45) is 1.52. The summed E-state index contributed by atoms with van der Waals surface area (Å²) in [7, 11) is 0. The molecule has 0 spiro atoms. The molecule has 4 N–H and O–H groups in total. The summed E-state index contributed by atoms with van der Waals surface area (Å²) in [5, 5.41) is 33.0. The topological polar surface area (TPSA) is 193 Å². The number of carboxylic acid groups (broad SMARTS) is 4. The Labute approximate surface area is 163 Å². The molecule has 0 saturated heterocycles. The number of carbonyl (C=O) groups excluding carboxylic acids is 2. The number of rotatable bonds is 9. The van der Waals surface area contributed by atoms with Crippen LogP contribution < -0.4 is 0 Å². The molecule has 11 nitrogen and oxygen atoms in total. The van der Waals surface area contributed by atoms with Crippen LogP contribution in [-0.2, 0) is 23.9 Å². The van der Waals surface area contributed by atoms with Crippen molar-refractivity contribution in [3.63, 3.8) is 0 Å². The van der Waals surface area contributed by atoms with Crippen LogP contribution in [0.3, 0.4) is 0 Å². The molecule has 0 aliphatic carbocycles. The first kappa shape index (κ1) is 25.0. The fourth-order valence-electron chi connectivity index (χ4n) is 1.75. The summed E-state index contributed by atoms with van der Waals surface area (Å²) in [6, 6.07) is 5.40. The molecule has 0 atom stereocenters. The minimum Gasteiger partial charge on any atom is -0.481 e. The van der Waals surface area contributed by atoms with E-state index in [0.717, 1.165) is 0 Å². The van der Waals surface area contributed by atoms with Crippen LogP contribution >= 0.6 is 0 Å². The molecule has 0 heterocycles. The largest absolute Gasteiger partial charge is 0.481 e. The summed E-state index contributed by atoms with van der Waals surface area (Å²) in [5.74, 6) is -6.62. The Kier molecular flexibility index (Phi) is 11.4. The molecule has 11 heteroatoms. The van der Waals surface area contributed by atoms with E-state index in [4.69, 9.17) is 20.4 Å². The van der Waals surface area contributed by atoms with Crippen molar-refractivity contribution < 1.29 is 53.9 Å². The molecule has 0 aromatic heterocycles. The fourth-order valence-corrected chi connectivity index (χ4v) is 1.75. The third-order valence-corrected chi connectivity index (χ3v) is 2.97. The Morgan fingerprint density at radius 3 is 1.69 bits per heavy atom. The van der Waals surface area contributed by atoms with E-state index in [9.17, 15) is 28.8 Å². The number of hydrogen-bond donors (Lipinski definition) is 4. The molecule has 0 bridgehead atoms. The molecule has 29 heavy (non-hydrogen) atoms. The van der Waals surface area contributed by atoms with Crippen molar-refractivity contribution in [2.45, 2.75) is 25.7 Å². The first-order chi connectivity index (χ1) is 13.5. The van der Waals surface area contributed by atoms with Gasteiger partial charge in [-0.3, -0.25) is 9.59 Å². The normalized spacial score (nSPS) is 9.79. The van der Waals surface area contributed by atoms with Gasteiger partial charge in [0.2, 0.25) is 0 Å². The van der Waals surface area contributed by atoms with Crippen LogP contribution in [0, 0.1) is 0 Å². The Morgan fingerprint density at radius 1 is 0.759 bits per heavy atom. The minimum atomic E-state index is -1.29. The molecular weight excluding hydrogens is 392 g/mol. The molecule has 0 amide bonds. The Morgan fingerprint density at radius 2 is 1.24 bits per heavy atom. The van der Waals surface area contributed by atoms with Gasteiger partial charge in [-0.1, -0.05) is 12.1 Å². The average molecular weight is 410 g/mol. The van der Waals surface area contributed by atoms with Gasteiger partial charge >= 0.3 is 35.8 Å². The lowest BCUT2D eigenvalue weighted by molar-refractivity contribution is -0.139. The number of unbranched alkanes of at least 4 members (excludes halogenated alkanes) is 1. The van der Waals surface area contributed by atoms with Crippen LogP contribution in [0.1, 0.15) is 46.4 Å². The second-order valence-corrected chi connectivity index (χ2v) is 5.22. The first-order valence-corrected chi connectivity index (χ1v) is 7.97. The number of aliphatic carboxylic acids is 3. The van der Waals surface area contributed by atoms with E-state index >= 15 is 0 Å². The molecule has 1 rings (SSSR count). The number of aromatic carboxylic acids is 1. The Hall–Kier alpha value is -4.02. The molecule has 0 aliphatic heterocycles. The van der Waals surface area contributed by atoms with Gasteiger partial charge < -0.3 is 25.2 Å². The zero-order chi connectivity index (χ0) is 22.4. The highest BCUT2D eigenvalue weighted by atomic mass is 16.6. The molecule has 0 saturated carbocycles. The van der Waals surface area contributed by atoms with E-state index in [1.165, 1.54) is 24.3 Å². The highest BCUT2D eigenvalue weighted by molar-refractivity contribution is 6.05. The standard InChI is InChI=1S/C14H14O7.C4H4O4/c15-11(16)7-3-4-8-12(17)21-14(20)10-6-2-1-5-9(10)13(18)19;5-3(6)1-2-4(7)8/h1-2,5-6H,3-4,7-8H2,(H,15,16)(H,18,19);1-2H,(H,5,6)(H,7,8)/b;2-1-. The van der Waals surface area contributed by atoms with Gasteiger partial charge in [-0.15, -0.1) is 0 Å². The molecule has 1 aromatic rings. The SMILES string of the molecule is O=C(O)/C=C\C(=O)O.O=C(O)CCCCC(=O)OC(=O)c1ccccc1C(=O)O. The molecule has 156 valence electrons. The molecule has 0 radical (unpaired) electrons. The van der Waals surface area contributed by atoms with Crippen molar-refractivity contribution in [3.05, 3.63) is 47.5 Å². The number of carboxylic acids is 4. The van der Waals surface area contributed by atoms with Gasteiger partial charge in [-0.05, 0) is 25.0 Å². The summed E-state index contributed by atoms with van der Waals surface area (Å²) in [5.41, 5.74) is -0.454. The van der Waals surface area contributed by atoms with E-state index in [1.54, 1.807) is 0 Å². The highest BCUT2D eigenvalue weighted by Gasteiger charge is 2.19. The molecular formula is C18H18O11. The van der Waals surface area contributed by atoms with Crippen LogP contribution in [0.5, 0.6) is 0 Å². The lowest BCUT2D eigenvalue weighted by atomic mass is 10.1. The number of benzene rings is 1. The lowest BCUT2D eigenvalue weighted by Crippen LogP contribution is -2.16. The third kappa shape index (κ3) is 12.1. The second-order valence-electron chi connectivity index (χ2n) is 5.22. The smallest absolute Gasteiger partial charge is 0.346 e. The van der Waals surface area contributed by atoms with E-state index < -0.39 is 35.8 Å². The maximum absolute atomic E-state index is 11.7.